The van der Waals surface area contributed by atoms with Crippen molar-refractivity contribution >= 4 is 11.9 Å². The molecule has 0 radical (unpaired) electrons. The first-order valence-electron chi connectivity index (χ1n) is 21.2. The predicted octanol–water partition coefficient (Wildman–Crippen LogP) is 7.83. The molecular formula is C47H66O10. The van der Waals surface area contributed by atoms with E-state index in [1.165, 1.54) is 6.08 Å². The Morgan fingerprint density at radius 2 is 1.56 bits per heavy atom. The van der Waals surface area contributed by atoms with E-state index in [4.69, 9.17) is 28.8 Å². The molecule has 0 aromatic rings. The number of carboxylic acid groups (broad SMARTS) is 1. The molecule has 3 saturated heterocycles. The maximum atomic E-state index is 13.0. The van der Waals surface area contributed by atoms with Crippen LogP contribution in [0.5, 0.6) is 0 Å². The van der Waals surface area contributed by atoms with Crippen molar-refractivity contribution in [2.45, 2.75) is 165 Å². The molecule has 0 aromatic carbocycles. The maximum Gasteiger partial charge on any atom is 0.331 e. The minimum Gasteiger partial charge on any atom is -0.481 e. The van der Waals surface area contributed by atoms with Crippen LogP contribution in [0.2, 0.25) is 0 Å². The van der Waals surface area contributed by atoms with Gasteiger partial charge in [-0.15, -0.1) is 0 Å². The first-order chi connectivity index (χ1) is 27.5. The molecule has 7 bridgehead atoms. The maximum absolute atomic E-state index is 13.0. The van der Waals surface area contributed by atoms with Crippen LogP contribution in [0, 0.1) is 17.8 Å². The summed E-state index contributed by atoms with van der Waals surface area (Å²) in [5, 5.41) is 30.7. The lowest BCUT2D eigenvalue weighted by Gasteiger charge is -2.38. The zero-order chi connectivity index (χ0) is 40.7. The highest BCUT2D eigenvalue weighted by atomic mass is 16.6. The molecule has 0 saturated carbocycles. The van der Waals surface area contributed by atoms with E-state index in [-0.39, 0.29) is 66.9 Å². The molecule has 0 aromatic heterocycles. The summed E-state index contributed by atoms with van der Waals surface area (Å²) >= 11 is 0. The Hall–Kier alpha value is -3.38. The Labute approximate surface area is 339 Å². The van der Waals surface area contributed by atoms with Gasteiger partial charge in [0, 0.05) is 37.2 Å². The van der Waals surface area contributed by atoms with Crippen molar-refractivity contribution in [2.75, 3.05) is 0 Å². The number of carbonyl (C=O) groups excluding carboxylic acids is 1. The molecule has 10 nitrogen and oxygen atoms in total. The summed E-state index contributed by atoms with van der Waals surface area (Å²) in [5.41, 5.74) is 0.966. The fourth-order valence-electron chi connectivity index (χ4n) is 8.40. The second-order valence-electron chi connectivity index (χ2n) is 16.5. The van der Waals surface area contributed by atoms with Gasteiger partial charge in [0.1, 0.15) is 12.2 Å². The van der Waals surface area contributed by atoms with Gasteiger partial charge in [0.05, 0.1) is 48.8 Å². The van der Waals surface area contributed by atoms with Gasteiger partial charge in [-0.3, -0.25) is 4.79 Å². The van der Waals surface area contributed by atoms with Crippen molar-refractivity contribution in [1.82, 2.24) is 0 Å². The molecule has 6 heterocycles. The fourth-order valence-corrected chi connectivity index (χ4v) is 8.40. The van der Waals surface area contributed by atoms with Crippen LogP contribution >= 0.6 is 0 Å². The highest BCUT2D eigenvalue weighted by molar-refractivity contribution is 5.82. The summed E-state index contributed by atoms with van der Waals surface area (Å²) in [4.78, 5) is 23.9. The zero-order valence-corrected chi connectivity index (χ0v) is 34.2. The van der Waals surface area contributed by atoms with Gasteiger partial charge >= 0.3 is 11.9 Å². The number of esters is 1. The van der Waals surface area contributed by atoms with E-state index >= 15 is 0 Å². The third kappa shape index (κ3) is 14.1. The van der Waals surface area contributed by atoms with Crippen LogP contribution in [0.3, 0.4) is 0 Å². The second-order valence-corrected chi connectivity index (χ2v) is 16.5. The van der Waals surface area contributed by atoms with Gasteiger partial charge in [0.15, 0.2) is 6.10 Å². The average molecular weight is 791 g/mol. The summed E-state index contributed by atoms with van der Waals surface area (Å²) in [6.45, 7) is 8.29. The van der Waals surface area contributed by atoms with Gasteiger partial charge in [-0.2, -0.15) is 0 Å². The zero-order valence-electron chi connectivity index (χ0n) is 34.2. The minimum atomic E-state index is -0.777. The molecule has 6 aliphatic rings. The number of fused-ring (bicyclic) bond motifs is 13. The van der Waals surface area contributed by atoms with E-state index in [9.17, 15) is 19.8 Å². The fraction of sp³-hybridized carbons (Fsp3) is 0.617. The Balaban J connectivity index is 1.27. The van der Waals surface area contributed by atoms with Crippen molar-refractivity contribution in [3.05, 3.63) is 96.7 Å². The lowest BCUT2D eigenvalue weighted by atomic mass is 9.86. The van der Waals surface area contributed by atoms with Crippen molar-refractivity contribution < 1.29 is 48.6 Å². The lowest BCUT2D eigenvalue weighted by molar-refractivity contribution is -0.148. The van der Waals surface area contributed by atoms with Crippen LogP contribution < -0.4 is 0 Å². The molecule has 10 heteroatoms. The third-order valence-electron chi connectivity index (χ3n) is 11.8. The number of rotatable bonds is 7. The van der Waals surface area contributed by atoms with Crippen LogP contribution in [0.25, 0.3) is 0 Å². The molecule has 6 rings (SSSR count). The molecule has 0 amide bonds. The number of carboxylic acids is 1. The highest BCUT2D eigenvalue weighted by Crippen LogP contribution is 2.38. The Bertz CT molecular complexity index is 1540. The summed E-state index contributed by atoms with van der Waals surface area (Å²) in [5.74, 6) is -0.875. The van der Waals surface area contributed by atoms with Crippen molar-refractivity contribution in [3.63, 3.8) is 0 Å². The monoisotopic (exact) mass is 790 g/mol. The van der Waals surface area contributed by atoms with Crippen LogP contribution in [0.1, 0.15) is 98.3 Å². The number of unbranched alkanes of at least 4 members (excludes halogenated alkanes) is 1. The number of aliphatic hydroxyl groups is 2. The Morgan fingerprint density at radius 3 is 2.39 bits per heavy atom. The van der Waals surface area contributed by atoms with Crippen molar-refractivity contribution in [1.29, 1.82) is 0 Å². The van der Waals surface area contributed by atoms with Gasteiger partial charge in [-0.05, 0) is 69.4 Å². The summed E-state index contributed by atoms with van der Waals surface area (Å²) in [7, 11) is 0. The van der Waals surface area contributed by atoms with Crippen LogP contribution in [0.4, 0.5) is 0 Å². The number of aliphatic hydroxyl groups excluding tert-OH is 2. The Kier molecular flexibility index (Phi) is 17.8. The minimum absolute atomic E-state index is 0.0184. The van der Waals surface area contributed by atoms with E-state index in [2.05, 4.69) is 44.2 Å². The van der Waals surface area contributed by atoms with E-state index in [1.807, 2.05) is 56.4 Å². The van der Waals surface area contributed by atoms with E-state index in [1.54, 1.807) is 12.2 Å². The summed E-state index contributed by atoms with van der Waals surface area (Å²) < 4.78 is 31.7. The van der Waals surface area contributed by atoms with E-state index in [0.717, 1.165) is 37.7 Å². The molecule has 0 spiro atoms. The van der Waals surface area contributed by atoms with Gasteiger partial charge in [-0.1, -0.05) is 106 Å². The van der Waals surface area contributed by atoms with Gasteiger partial charge in [-0.25, -0.2) is 4.79 Å². The standard InChI is InChI=1S/C47H66O10/c1-31(17-14-15-23-45(50)51)27-32(2)47-42-26-25-36(54-47)19-11-7-5-6-10-18-35(48)28-37-29-38(49)33(3)39(53-37)21-16-22-40-34(4)43-30-44(55-40)41(56-43)20-12-8-9-13-24-46(52)57-42/h7-13,16,18,20,22,24-27,31,33-44,47-49H,5-6,14-15,17,19,21,23,28-30H2,1-4H3,(H,50,51)/b9-8-,11-7+,18-10+,20-12-,22-16+,24-13-,32-27-/t31-,33-,34+,35+,36-,37-,38+,39+,40+,41-,42-,43-,44-,47-/m0/s1. The van der Waals surface area contributed by atoms with E-state index < -0.39 is 36.4 Å². The summed E-state index contributed by atoms with van der Waals surface area (Å²) in [6.07, 6.45) is 33.0. The van der Waals surface area contributed by atoms with Gasteiger partial charge < -0.3 is 39.0 Å². The normalized spacial score (nSPS) is 40.9. The molecule has 0 aliphatic carbocycles. The van der Waals surface area contributed by atoms with Crippen LogP contribution in [0.15, 0.2) is 96.7 Å². The van der Waals surface area contributed by atoms with Crippen molar-refractivity contribution in [3.8, 4) is 0 Å². The van der Waals surface area contributed by atoms with Crippen molar-refractivity contribution in [2.24, 2.45) is 17.8 Å². The van der Waals surface area contributed by atoms with Gasteiger partial charge in [0.25, 0.3) is 0 Å². The number of hydrogen-bond acceptors (Lipinski definition) is 9. The number of ether oxygens (including phenoxy) is 5. The quantitative estimate of drug-likeness (QED) is 0.133. The lowest BCUT2D eigenvalue weighted by Crippen LogP contribution is -2.43. The molecule has 14 atom stereocenters. The predicted molar refractivity (Wildman–Crippen MR) is 220 cm³/mol. The molecule has 3 fully saturated rings. The highest BCUT2D eigenvalue weighted by Gasteiger charge is 2.45. The Morgan fingerprint density at radius 1 is 0.772 bits per heavy atom. The van der Waals surface area contributed by atoms with E-state index in [0.29, 0.717) is 32.1 Å². The first kappa shape index (κ1) is 44.7. The number of aliphatic carboxylic acids is 1. The first-order valence-corrected chi connectivity index (χ1v) is 21.2. The number of carbonyl (C=O) groups is 2. The van der Waals surface area contributed by atoms with Crippen LogP contribution in [-0.4, -0.2) is 94.4 Å². The molecule has 57 heavy (non-hydrogen) atoms. The smallest absolute Gasteiger partial charge is 0.331 e. The molecule has 314 valence electrons. The molecule has 6 aliphatic heterocycles. The number of hydrogen-bond donors (Lipinski definition) is 3. The second kappa shape index (κ2) is 22.7. The number of allylic oxidation sites excluding steroid dienone is 7. The summed E-state index contributed by atoms with van der Waals surface area (Å²) in [6, 6.07) is 0. The average Bonchev–Trinajstić information content (AvgIpc) is 3.52. The SMILES string of the molecule is C/C(=C/[C@@H](C)CCCCC(=O)O)[C@@H]1O[C@@H]2C=C[C@@H]1OC(=O)\C=C/C=C\C=C/[C@@H]1O[C@H]3C[C@@H]1O[C@H](/C=C/C[C@H]1O[C@@H](C[C@H](O)/C=C/CC/C=C/C2)C[C@@H](O)[C@@H]1C)[C@H]3C. The molecule has 0 unspecified atom stereocenters. The van der Waals surface area contributed by atoms with Crippen LogP contribution in [-0.2, 0) is 33.3 Å². The largest absolute Gasteiger partial charge is 0.481 e. The molecular weight excluding hydrogens is 725 g/mol. The third-order valence-corrected chi connectivity index (χ3v) is 11.8. The topological polar surface area (TPSA) is 141 Å². The van der Waals surface area contributed by atoms with Gasteiger partial charge in [0.2, 0.25) is 0 Å². The molecule has 3 N–H and O–H groups in total.